The molecule has 0 spiro atoms. The maximum atomic E-state index is 14.0. The minimum Gasteiger partial charge on any atom is -0.444 e. The van der Waals surface area contributed by atoms with Crippen molar-refractivity contribution in [2.24, 2.45) is 0 Å². The molecule has 1 aliphatic rings. The Morgan fingerprint density at radius 1 is 0.969 bits per heavy atom. The average Bonchev–Trinajstić information content (AvgIpc) is 2.81. The first-order valence-corrected chi connectivity index (χ1v) is 10.5. The van der Waals surface area contributed by atoms with E-state index in [0.717, 1.165) is 12.0 Å². The van der Waals surface area contributed by atoms with Crippen LogP contribution >= 0.6 is 0 Å². The predicted octanol–water partition coefficient (Wildman–Crippen LogP) is 5.41. The summed E-state index contributed by atoms with van der Waals surface area (Å²) in [6.07, 6.45) is 0.189. The number of halogens is 1. The lowest BCUT2D eigenvalue weighted by molar-refractivity contribution is 0.155. The summed E-state index contributed by atoms with van der Waals surface area (Å²) >= 11 is 0. The molecule has 7 heteroatoms. The van der Waals surface area contributed by atoms with E-state index in [0.29, 0.717) is 30.0 Å². The van der Waals surface area contributed by atoms with Crippen LogP contribution in [0.3, 0.4) is 0 Å². The molecule has 32 heavy (non-hydrogen) atoms. The molecule has 0 unspecified atom stereocenters. The number of amides is 3. The normalized spacial score (nSPS) is 13.7. The van der Waals surface area contributed by atoms with Gasteiger partial charge in [0.1, 0.15) is 12.4 Å². The van der Waals surface area contributed by atoms with Crippen molar-refractivity contribution >= 4 is 23.5 Å². The van der Waals surface area contributed by atoms with E-state index in [9.17, 15) is 14.0 Å². The monoisotopic (exact) mass is 433 g/mol. The molecule has 1 heterocycles. The van der Waals surface area contributed by atoms with E-state index in [1.165, 1.54) is 6.07 Å². The van der Waals surface area contributed by atoms with E-state index >= 15 is 0 Å². The summed E-state index contributed by atoms with van der Waals surface area (Å²) in [6, 6.07) is 22.7. The number of anilines is 2. The zero-order chi connectivity index (χ0) is 22.3. The fourth-order valence-corrected chi connectivity index (χ4v) is 3.63. The number of carbonyl (C=O) groups is 2. The molecule has 1 fully saturated rings. The molecule has 6 nitrogen and oxygen atoms in total. The van der Waals surface area contributed by atoms with Gasteiger partial charge >= 0.3 is 12.1 Å². The highest BCUT2D eigenvalue weighted by molar-refractivity contribution is 5.94. The minimum atomic E-state index is -0.572. The van der Waals surface area contributed by atoms with E-state index in [2.05, 4.69) is 5.32 Å². The van der Waals surface area contributed by atoms with Crippen LogP contribution in [0.5, 0.6) is 0 Å². The second-order valence-electron chi connectivity index (χ2n) is 7.54. The van der Waals surface area contributed by atoms with Crippen LogP contribution in [0.1, 0.15) is 17.5 Å². The van der Waals surface area contributed by atoms with Gasteiger partial charge in [-0.25, -0.2) is 14.0 Å². The van der Waals surface area contributed by atoms with E-state index < -0.39 is 6.09 Å². The lowest BCUT2D eigenvalue weighted by Crippen LogP contribution is -2.49. The van der Waals surface area contributed by atoms with Crippen molar-refractivity contribution in [1.29, 1.82) is 0 Å². The van der Waals surface area contributed by atoms with Crippen molar-refractivity contribution in [3.63, 3.8) is 0 Å². The van der Waals surface area contributed by atoms with Gasteiger partial charge in [0.05, 0.1) is 6.54 Å². The van der Waals surface area contributed by atoms with Crippen molar-refractivity contribution < 1.29 is 18.7 Å². The maximum absolute atomic E-state index is 14.0. The first-order valence-electron chi connectivity index (χ1n) is 10.5. The lowest BCUT2D eigenvalue weighted by atomic mass is 10.1. The van der Waals surface area contributed by atoms with Crippen molar-refractivity contribution in [3.05, 3.63) is 95.8 Å². The molecule has 4 rings (SSSR count). The van der Waals surface area contributed by atoms with Crippen LogP contribution in [0.2, 0.25) is 0 Å². The molecule has 1 N–H and O–H groups in total. The second kappa shape index (κ2) is 9.96. The summed E-state index contributed by atoms with van der Waals surface area (Å²) in [6.45, 7) is 1.50. The molecule has 164 valence electrons. The second-order valence-corrected chi connectivity index (χ2v) is 7.54. The van der Waals surface area contributed by atoms with Crippen LogP contribution in [0.4, 0.5) is 25.4 Å². The van der Waals surface area contributed by atoms with Crippen molar-refractivity contribution in [3.8, 4) is 0 Å². The smallest absolute Gasteiger partial charge is 0.411 e. The van der Waals surface area contributed by atoms with Gasteiger partial charge in [0.25, 0.3) is 0 Å². The first-order chi connectivity index (χ1) is 15.6. The quantitative estimate of drug-likeness (QED) is 0.566. The van der Waals surface area contributed by atoms with Gasteiger partial charge in [-0.15, -0.1) is 0 Å². The molecule has 0 saturated carbocycles. The van der Waals surface area contributed by atoms with Gasteiger partial charge in [-0.2, -0.15) is 0 Å². The Balaban J connectivity index is 1.40. The van der Waals surface area contributed by atoms with Gasteiger partial charge in [0.15, 0.2) is 0 Å². The average molecular weight is 433 g/mol. The number of hydrogen-bond donors (Lipinski definition) is 1. The number of carbonyl (C=O) groups excluding carboxylic acids is 2. The number of benzene rings is 3. The first kappa shape index (κ1) is 21.4. The SMILES string of the molecule is O=C(Nc1cccc(N2CCCN(Cc3ccccc3F)C2=O)c1)OCc1ccccc1. The number of ether oxygens (including phenoxy) is 1. The van der Waals surface area contributed by atoms with Gasteiger partial charge < -0.3 is 9.64 Å². The molecule has 3 amide bonds. The molecule has 0 radical (unpaired) electrons. The third-order valence-electron chi connectivity index (χ3n) is 5.25. The Kier molecular flexibility index (Phi) is 6.65. The Labute approximate surface area is 186 Å². The molecular weight excluding hydrogens is 409 g/mol. The van der Waals surface area contributed by atoms with Crippen LogP contribution < -0.4 is 10.2 Å². The Morgan fingerprint density at radius 3 is 2.56 bits per heavy atom. The molecule has 1 saturated heterocycles. The summed E-state index contributed by atoms with van der Waals surface area (Å²) in [5, 5.41) is 2.70. The summed E-state index contributed by atoms with van der Waals surface area (Å²) < 4.78 is 19.3. The highest BCUT2D eigenvalue weighted by Gasteiger charge is 2.27. The largest absolute Gasteiger partial charge is 0.444 e. The van der Waals surface area contributed by atoms with E-state index in [4.69, 9.17) is 4.74 Å². The summed E-state index contributed by atoms with van der Waals surface area (Å²) in [5.74, 6) is -0.322. The molecule has 0 atom stereocenters. The fraction of sp³-hybridized carbons (Fsp3) is 0.200. The summed E-state index contributed by atoms with van der Waals surface area (Å²) in [5.41, 5.74) is 2.57. The van der Waals surface area contributed by atoms with Gasteiger partial charge in [-0.3, -0.25) is 10.2 Å². The van der Waals surface area contributed by atoms with Gasteiger partial charge in [0.2, 0.25) is 0 Å². The fourth-order valence-electron chi connectivity index (χ4n) is 3.63. The highest BCUT2D eigenvalue weighted by Crippen LogP contribution is 2.25. The zero-order valence-corrected chi connectivity index (χ0v) is 17.5. The van der Waals surface area contributed by atoms with Gasteiger partial charge in [-0.1, -0.05) is 54.6 Å². The van der Waals surface area contributed by atoms with Crippen LogP contribution in [0.25, 0.3) is 0 Å². The van der Waals surface area contributed by atoms with Crippen molar-refractivity contribution in [2.45, 2.75) is 19.6 Å². The van der Waals surface area contributed by atoms with Gasteiger partial charge in [0, 0.05) is 30.0 Å². The molecule has 1 aliphatic heterocycles. The van der Waals surface area contributed by atoms with Crippen molar-refractivity contribution in [2.75, 3.05) is 23.3 Å². The Hall–Kier alpha value is -3.87. The van der Waals surface area contributed by atoms with E-state index in [-0.39, 0.29) is 25.0 Å². The zero-order valence-electron chi connectivity index (χ0n) is 17.5. The number of rotatable bonds is 6. The molecular formula is C25H24FN3O3. The van der Waals surface area contributed by atoms with Crippen LogP contribution in [0, 0.1) is 5.82 Å². The van der Waals surface area contributed by atoms with E-state index in [1.807, 2.05) is 36.4 Å². The third kappa shape index (κ3) is 5.24. The van der Waals surface area contributed by atoms with Crippen molar-refractivity contribution in [1.82, 2.24) is 4.90 Å². The standard InChI is InChI=1S/C25H24FN3O3/c26-23-13-5-4-10-20(23)17-28-14-7-15-29(25(28)31)22-12-6-11-21(16-22)27-24(30)32-18-19-8-2-1-3-9-19/h1-6,8-13,16H,7,14-15,17-18H2,(H,27,30). The molecule has 0 bridgehead atoms. The maximum Gasteiger partial charge on any atom is 0.411 e. The summed E-state index contributed by atoms with van der Waals surface area (Å²) in [4.78, 5) is 28.5. The minimum absolute atomic E-state index is 0.169. The van der Waals surface area contributed by atoms with Crippen LogP contribution in [0.15, 0.2) is 78.9 Å². The number of urea groups is 1. The highest BCUT2D eigenvalue weighted by atomic mass is 19.1. The number of nitrogens with one attached hydrogen (secondary N) is 1. The molecule has 0 aromatic heterocycles. The topological polar surface area (TPSA) is 61.9 Å². The van der Waals surface area contributed by atoms with Crippen LogP contribution in [-0.2, 0) is 17.9 Å². The van der Waals surface area contributed by atoms with Gasteiger partial charge in [-0.05, 0) is 36.2 Å². The molecule has 3 aromatic carbocycles. The van der Waals surface area contributed by atoms with Crippen LogP contribution in [-0.4, -0.2) is 30.1 Å². The third-order valence-corrected chi connectivity index (χ3v) is 5.25. The number of hydrogen-bond acceptors (Lipinski definition) is 3. The summed E-state index contributed by atoms with van der Waals surface area (Å²) in [7, 11) is 0. The van der Waals surface area contributed by atoms with E-state index in [1.54, 1.807) is 46.2 Å². The molecule has 3 aromatic rings. The Morgan fingerprint density at radius 2 is 1.75 bits per heavy atom. The lowest BCUT2D eigenvalue weighted by Gasteiger charge is -2.36. The number of nitrogens with zero attached hydrogens (tertiary/aromatic N) is 2. The predicted molar refractivity (Wildman–Crippen MR) is 121 cm³/mol. The Bertz CT molecular complexity index is 1090. The molecule has 0 aliphatic carbocycles.